The van der Waals surface area contributed by atoms with E-state index in [9.17, 15) is 9.59 Å². The highest BCUT2D eigenvalue weighted by Gasteiger charge is 2.26. The molecule has 1 aromatic carbocycles. The van der Waals surface area contributed by atoms with Crippen molar-refractivity contribution in [3.05, 3.63) is 45.4 Å². The zero-order valence-electron chi connectivity index (χ0n) is 15.3. The van der Waals surface area contributed by atoms with Crippen LogP contribution in [0.2, 0.25) is 5.02 Å². The molecular formula is C19H22ClN3O3S. The van der Waals surface area contributed by atoms with Crippen LogP contribution < -0.4 is 5.32 Å². The Kier molecular flexibility index (Phi) is 6.46. The fraction of sp³-hybridized carbons (Fsp3) is 0.421. The van der Waals surface area contributed by atoms with Gasteiger partial charge < -0.3 is 15.0 Å². The molecule has 1 aromatic heterocycles. The van der Waals surface area contributed by atoms with E-state index in [1.54, 1.807) is 24.3 Å². The number of nitrogens with one attached hydrogen (secondary N) is 1. The first-order valence-electron chi connectivity index (χ1n) is 8.83. The lowest BCUT2D eigenvalue weighted by molar-refractivity contribution is -0.117. The second-order valence-corrected chi connectivity index (χ2v) is 8.12. The van der Waals surface area contributed by atoms with Crippen LogP contribution >= 0.6 is 22.9 Å². The van der Waals surface area contributed by atoms with Crippen LogP contribution in [0.1, 0.15) is 33.8 Å². The smallest absolute Gasteiger partial charge is 0.255 e. The Labute approximate surface area is 167 Å². The number of carbonyl (C=O) groups excluding carboxylic acids is 2. The van der Waals surface area contributed by atoms with Crippen molar-refractivity contribution < 1.29 is 14.3 Å². The van der Waals surface area contributed by atoms with Gasteiger partial charge in [-0.15, -0.1) is 11.3 Å². The van der Waals surface area contributed by atoms with Crippen molar-refractivity contribution in [3.8, 4) is 0 Å². The predicted molar refractivity (Wildman–Crippen MR) is 107 cm³/mol. The summed E-state index contributed by atoms with van der Waals surface area (Å²) in [4.78, 5) is 32.4. The number of ether oxygens (including phenoxy) is 1. The first-order chi connectivity index (χ1) is 12.9. The minimum atomic E-state index is -0.290. The largest absolute Gasteiger partial charge is 0.376 e. The maximum Gasteiger partial charge on any atom is 0.255 e. The lowest BCUT2D eigenvalue weighted by Gasteiger charge is -2.25. The van der Waals surface area contributed by atoms with Crippen LogP contribution in [0.3, 0.4) is 0 Å². The molecule has 1 fully saturated rings. The number of nitrogens with zero attached hydrogens (tertiary/aromatic N) is 2. The van der Waals surface area contributed by atoms with Crippen molar-refractivity contribution >= 4 is 39.9 Å². The molecule has 144 valence electrons. The van der Waals surface area contributed by atoms with Gasteiger partial charge in [0.05, 0.1) is 22.4 Å². The minimum absolute atomic E-state index is 0.0615. The standard InChI is InChI=1S/C19H22ClN3O3S/c1-12-13(2)27-19(21-12)22-17(24)11-23(10-14-6-5-9-26-14)18(25)15-7-3-4-8-16(15)20/h3-4,7-8,14H,5-6,9-11H2,1-2H3,(H,21,22,24). The molecule has 2 amide bonds. The van der Waals surface area contributed by atoms with Crippen LogP contribution in [0.5, 0.6) is 0 Å². The molecular weight excluding hydrogens is 386 g/mol. The van der Waals surface area contributed by atoms with Crippen molar-refractivity contribution in [3.63, 3.8) is 0 Å². The van der Waals surface area contributed by atoms with E-state index < -0.39 is 0 Å². The molecule has 0 saturated carbocycles. The van der Waals surface area contributed by atoms with Gasteiger partial charge in [0, 0.05) is 18.0 Å². The van der Waals surface area contributed by atoms with Crippen LogP contribution in [-0.2, 0) is 9.53 Å². The number of benzene rings is 1. The summed E-state index contributed by atoms with van der Waals surface area (Å²) in [5.74, 6) is -0.570. The van der Waals surface area contributed by atoms with E-state index in [1.165, 1.54) is 16.2 Å². The van der Waals surface area contributed by atoms with Gasteiger partial charge in [-0.1, -0.05) is 23.7 Å². The molecule has 2 aromatic rings. The van der Waals surface area contributed by atoms with Gasteiger partial charge in [-0.3, -0.25) is 9.59 Å². The molecule has 1 atom stereocenters. The van der Waals surface area contributed by atoms with Crippen molar-refractivity contribution in [2.75, 3.05) is 25.0 Å². The van der Waals surface area contributed by atoms with Crippen molar-refractivity contribution in [2.24, 2.45) is 0 Å². The zero-order chi connectivity index (χ0) is 19.4. The normalized spacial score (nSPS) is 16.3. The van der Waals surface area contributed by atoms with Crippen molar-refractivity contribution in [1.82, 2.24) is 9.88 Å². The van der Waals surface area contributed by atoms with Gasteiger partial charge in [0.1, 0.15) is 6.54 Å². The average Bonchev–Trinajstić information content (AvgIpc) is 3.24. The third-order valence-corrected chi connectivity index (χ3v) is 5.77. The highest BCUT2D eigenvalue weighted by molar-refractivity contribution is 7.15. The second kappa shape index (κ2) is 8.82. The Morgan fingerprint density at radius 2 is 2.15 bits per heavy atom. The Morgan fingerprint density at radius 1 is 1.37 bits per heavy atom. The molecule has 1 aliphatic heterocycles. The van der Waals surface area contributed by atoms with E-state index in [4.69, 9.17) is 16.3 Å². The highest BCUT2D eigenvalue weighted by Crippen LogP contribution is 2.22. The number of hydrogen-bond acceptors (Lipinski definition) is 5. The summed E-state index contributed by atoms with van der Waals surface area (Å²) in [6.45, 7) is 4.80. The maximum atomic E-state index is 13.0. The lowest BCUT2D eigenvalue weighted by atomic mass is 10.1. The molecule has 1 N–H and O–H groups in total. The SMILES string of the molecule is Cc1nc(NC(=O)CN(CC2CCCO2)C(=O)c2ccccc2Cl)sc1C. The third-order valence-electron chi connectivity index (χ3n) is 4.45. The van der Waals surface area contributed by atoms with E-state index in [0.29, 0.717) is 28.9 Å². The van der Waals surface area contributed by atoms with Gasteiger partial charge in [-0.25, -0.2) is 4.98 Å². The van der Waals surface area contributed by atoms with Gasteiger partial charge in [0.25, 0.3) is 5.91 Å². The molecule has 2 heterocycles. The van der Waals surface area contributed by atoms with Crippen molar-refractivity contribution in [1.29, 1.82) is 0 Å². The Hall–Kier alpha value is -1.96. The van der Waals surface area contributed by atoms with Gasteiger partial charge in [0.15, 0.2) is 5.13 Å². The van der Waals surface area contributed by atoms with Gasteiger partial charge in [0.2, 0.25) is 5.91 Å². The molecule has 0 bridgehead atoms. The predicted octanol–water partition coefficient (Wildman–Crippen LogP) is 3.67. The summed E-state index contributed by atoms with van der Waals surface area (Å²) >= 11 is 7.60. The van der Waals surface area contributed by atoms with Gasteiger partial charge >= 0.3 is 0 Å². The summed E-state index contributed by atoms with van der Waals surface area (Å²) in [5, 5.41) is 3.69. The summed E-state index contributed by atoms with van der Waals surface area (Å²) in [6.07, 6.45) is 1.77. The molecule has 1 unspecified atom stereocenters. The molecule has 8 heteroatoms. The van der Waals surface area contributed by atoms with E-state index >= 15 is 0 Å². The number of halogens is 1. The number of rotatable bonds is 6. The van der Waals surface area contributed by atoms with E-state index in [0.717, 1.165) is 23.4 Å². The van der Waals surface area contributed by atoms with Gasteiger partial charge in [-0.05, 0) is 38.8 Å². The summed E-state index contributed by atoms with van der Waals surface area (Å²) < 4.78 is 5.65. The number of hydrogen-bond donors (Lipinski definition) is 1. The fourth-order valence-electron chi connectivity index (χ4n) is 2.92. The van der Waals surface area contributed by atoms with E-state index in [-0.39, 0.29) is 24.5 Å². The third kappa shape index (κ3) is 5.06. The molecule has 6 nitrogen and oxygen atoms in total. The van der Waals surface area contributed by atoms with E-state index in [2.05, 4.69) is 10.3 Å². The Bertz CT molecular complexity index is 814. The van der Waals surface area contributed by atoms with Crippen LogP contribution in [-0.4, -0.2) is 47.5 Å². The first-order valence-corrected chi connectivity index (χ1v) is 10.0. The van der Waals surface area contributed by atoms with E-state index in [1.807, 2.05) is 13.8 Å². The quantitative estimate of drug-likeness (QED) is 0.792. The summed E-state index contributed by atoms with van der Waals surface area (Å²) in [7, 11) is 0. The zero-order valence-corrected chi connectivity index (χ0v) is 16.9. The van der Waals surface area contributed by atoms with Crippen LogP contribution in [0.25, 0.3) is 0 Å². The number of aryl methyl sites for hydroxylation is 2. The van der Waals surface area contributed by atoms with Crippen LogP contribution in [0, 0.1) is 13.8 Å². The average molecular weight is 408 g/mol. The summed E-state index contributed by atoms with van der Waals surface area (Å²) in [6, 6.07) is 6.85. The van der Waals surface area contributed by atoms with Crippen molar-refractivity contribution in [2.45, 2.75) is 32.8 Å². The maximum absolute atomic E-state index is 13.0. The molecule has 0 spiro atoms. The monoisotopic (exact) mass is 407 g/mol. The van der Waals surface area contributed by atoms with Gasteiger partial charge in [-0.2, -0.15) is 0 Å². The minimum Gasteiger partial charge on any atom is -0.376 e. The number of carbonyl (C=O) groups is 2. The van der Waals surface area contributed by atoms with Crippen LogP contribution in [0.4, 0.5) is 5.13 Å². The molecule has 1 aliphatic rings. The fourth-order valence-corrected chi connectivity index (χ4v) is 3.96. The first kappa shape index (κ1) is 19.8. The Morgan fingerprint density at radius 3 is 2.78 bits per heavy atom. The van der Waals surface area contributed by atoms with Crippen LogP contribution in [0.15, 0.2) is 24.3 Å². The number of aromatic nitrogens is 1. The molecule has 0 aliphatic carbocycles. The topological polar surface area (TPSA) is 71.5 Å². The molecule has 3 rings (SSSR count). The lowest BCUT2D eigenvalue weighted by Crippen LogP contribution is -2.42. The number of amides is 2. The molecule has 0 radical (unpaired) electrons. The molecule has 27 heavy (non-hydrogen) atoms. The highest BCUT2D eigenvalue weighted by atomic mass is 35.5. The second-order valence-electron chi connectivity index (χ2n) is 6.51. The number of thiazole rings is 1. The summed E-state index contributed by atoms with van der Waals surface area (Å²) in [5.41, 5.74) is 1.27. The Balaban J connectivity index is 1.73. The molecule has 1 saturated heterocycles. The number of anilines is 1.